The van der Waals surface area contributed by atoms with Gasteiger partial charge in [0, 0.05) is 49.4 Å². The molecule has 0 radical (unpaired) electrons. The average Bonchev–Trinajstić information content (AvgIpc) is 3.02. The molecule has 0 aliphatic carbocycles. The van der Waals surface area contributed by atoms with Crippen molar-refractivity contribution in [3.8, 4) is 23.1 Å². The maximum absolute atomic E-state index is 15.6. The van der Waals surface area contributed by atoms with Gasteiger partial charge in [-0.3, -0.25) is 19.1 Å². The van der Waals surface area contributed by atoms with E-state index in [0.29, 0.717) is 37.3 Å². The quantitative estimate of drug-likeness (QED) is 0.175. The van der Waals surface area contributed by atoms with Crippen LogP contribution in [-0.4, -0.2) is 57.4 Å². The lowest BCUT2D eigenvalue weighted by Gasteiger charge is -2.37. The fourth-order valence-corrected chi connectivity index (χ4v) is 6.76. The number of halogens is 5. The zero-order valence-corrected chi connectivity index (χ0v) is 27.4. The fraction of sp³-hybridized carbons (Fsp3) is 0.323. The van der Waals surface area contributed by atoms with Gasteiger partial charge in [-0.1, -0.05) is 79.8 Å². The monoisotopic (exact) mass is 690 g/mol. The first kappa shape index (κ1) is 32.8. The number of phenolic OH excluding ortho intramolecular Hbond substituents is 1. The van der Waals surface area contributed by atoms with Crippen LogP contribution >= 0.6 is 46.4 Å². The predicted octanol–water partition coefficient (Wildman–Crippen LogP) is 7.03. The summed E-state index contributed by atoms with van der Waals surface area (Å²) in [6.45, 7) is 10.6. The molecule has 3 aromatic rings. The van der Waals surface area contributed by atoms with E-state index in [9.17, 15) is 20.0 Å². The minimum Gasteiger partial charge on any atom is -0.504 e. The van der Waals surface area contributed by atoms with E-state index < -0.39 is 33.8 Å². The van der Waals surface area contributed by atoms with E-state index in [1.165, 1.54) is 16.7 Å². The predicted molar refractivity (Wildman–Crippen MR) is 176 cm³/mol. The van der Waals surface area contributed by atoms with E-state index in [1.807, 2.05) is 31.7 Å². The summed E-state index contributed by atoms with van der Waals surface area (Å²) in [5, 5.41) is 19.9. The first-order valence-corrected chi connectivity index (χ1v) is 15.5. The number of aromatic nitrogens is 2. The number of aromatic hydroxyl groups is 1. The number of hydrogen-bond donors (Lipinski definition) is 1. The van der Waals surface area contributed by atoms with Crippen molar-refractivity contribution in [3.63, 3.8) is 0 Å². The topological polar surface area (TPSA) is 115 Å². The van der Waals surface area contributed by atoms with Crippen LogP contribution in [0.1, 0.15) is 32.4 Å². The smallest absolute Gasteiger partial charge is 0.272 e. The first-order valence-electron chi connectivity index (χ1n) is 14.0. The van der Waals surface area contributed by atoms with Crippen molar-refractivity contribution >= 4 is 74.7 Å². The Kier molecular flexibility index (Phi) is 9.20. The number of benzene rings is 1. The second kappa shape index (κ2) is 12.6. The largest absolute Gasteiger partial charge is 0.504 e. The molecule has 9 nitrogen and oxygen atoms in total. The van der Waals surface area contributed by atoms with Crippen molar-refractivity contribution in [2.45, 2.75) is 26.8 Å². The van der Waals surface area contributed by atoms with Crippen LogP contribution < -0.4 is 10.5 Å². The van der Waals surface area contributed by atoms with Crippen molar-refractivity contribution in [3.05, 3.63) is 72.8 Å². The minimum atomic E-state index is -1.20. The SMILES string of the molecule is C=CC(=O)N1CCN(c2c(C#N)c(=O)n(C3C(C(C)C)=NC=C[C@H]3C)c3nc(-c4c(F)c(O)c(Cl)c(Cl)c4Cl)c(Cl)cc23)CC1. The van der Waals surface area contributed by atoms with Crippen molar-refractivity contribution in [2.75, 3.05) is 31.1 Å². The zero-order valence-electron chi connectivity index (χ0n) is 24.4. The highest BCUT2D eigenvalue weighted by Gasteiger charge is 2.35. The van der Waals surface area contributed by atoms with Gasteiger partial charge in [0.15, 0.2) is 11.6 Å². The summed E-state index contributed by atoms with van der Waals surface area (Å²) in [5.74, 6) is -2.71. The van der Waals surface area contributed by atoms with Crippen LogP contribution in [0.4, 0.5) is 10.1 Å². The molecule has 14 heteroatoms. The molecule has 1 aromatic carbocycles. The lowest BCUT2D eigenvalue weighted by molar-refractivity contribution is -0.126. The summed E-state index contributed by atoms with van der Waals surface area (Å²) in [7, 11) is 0. The Morgan fingerprint density at radius 1 is 1.18 bits per heavy atom. The molecule has 5 rings (SSSR count). The summed E-state index contributed by atoms with van der Waals surface area (Å²) >= 11 is 25.4. The second-order valence-electron chi connectivity index (χ2n) is 11.1. The van der Waals surface area contributed by atoms with Gasteiger partial charge in [0.05, 0.1) is 38.1 Å². The van der Waals surface area contributed by atoms with Crippen LogP contribution in [0.2, 0.25) is 20.1 Å². The van der Waals surface area contributed by atoms with E-state index in [-0.39, 0.29) is 55.4 Å². The molecule has 234 valence electrons. The van der Waals surface area contributed by atoms with Crippen LogP contribution in [0.5, 0.6) is 5.75 Å². The Bertz CT molecular complexity index is 1900. The molecule has 2 aliphatic rings. The molecule has 0 bridgehead atoms. The summed E-state index contributed by atoms with van der Waals surface area (Å²) in [6.07, 6.45) is 4.75. The third kappa shape index (κ3) is 5.46. The molecule has 1 amide bonds. The number of rotatable bonds is 5. The lowest BCUT2D eigenvalue weighted by atomic mass is 9.88. The highest BCUT2D eigenvalue weighted by Crippen LogP contribution is 2.48. The van der Waals surface area contributed by atoms with E-state index in [0.717, 1.165) is 0 Å². The number of amides is 1. The van der Waals surface area contributed by atoms with E-state index in [2.05, 4.69) is 17.6 Å². The molecule has 45 heavy (non-hydrogen) atoms. The number of nitrogens with zero attached hydrogens (tertiary/aromatic N) is 6. The number of pyridine rings is 2. The number of carbonyl (C=O) groups is 1. The van der Waals surface area contributed by atoms with Crippen LogP contribution in [0.15, 0.2) is 40.8 Å². The number of allylic oxidation sites excluding steroid dienone is 1. The fourth-order valence-electron chi connectivity index (χ4n) is 5.83. The molecular weight excluding hydrogens is 665 g/mol. The zero-order chi connectivity index (χ0) is 32.9. The normalized spacial score (nSPS) is 18.4. The molecule has 1 fully saturated rings. The molecule has 1 saturated heterocycles. The summed E-state index contributed by atoms with van der Waals surface area (Å²) < 4.78 is 17.0. The van der Waals surface area contributed by atoms with Gasteiger partial charge in [-0.2, -0.15) is 5.26 Å². The third-order valence-electron chi connectivity index (χ3n) is 8.06. The Balaban J connectivity index is 1.88. The number of carbonyl (C=O) groups excluding carboxylic acids is 1. The van der Waals surface area contributed by atoms with Crippen LogP contribution in [0.25, 0.3) is 22.3 Å². The molecule has 2 atom stereocenters. The van der Waals surface area contributed by atoms with Gasteiger partial charge in [-0.25, -0.2) is 9.37 Å². The van der Waals surface area contributed by atoms with Crippen molar-refractivity contribution in [1.82, 2.24) is 14.5 Å². The van der Waals surface area contributed by atoms with Crippen molar-refractivity contribution in [2.24, 2.45) is 16.8 Å². The number of aliphatic imine (C=N–C) groups is 1. The number of anilines is 1. The number of phenols is 1. The van der Waals surface area contributed by atoms with Gasteiger partial charge in [0.2, 0.25) is 5.91 Å². The Hall–Kier alpha value is -3.62. The Morgan fingerprint density at radius 2 is 1.84 bits per heavy atom. The second-order valence-corrected chi connectivity index (χ2v) is 12.6. The van der Waals surface area contributed by atoms with Gasteiger partial charge in [-0.05, 0) is 18.1 Å². The average molecular weight is 692 g/mol. The molecular formula is C31H27Cl4FN6O3. The maximum atomic E-state index is 15.6. The highest BCUT2D eigenvalue weighted by molar-refractivity contribution is 6.50. The summed E-state index contributed by atoms with van der Waals surface area (Å²) in [5.41, 5.74) is -0.340. The lowest BCUT2D eigenvalue weighted by Crippen LogP contribution is -2.49. The van der Waals surface area contributed by atoms with Crippen molar-refractivity contribution < 1.29 is 14.3 Å². The molecule has 2 aliphatic heterocycles. The molecule has 0 saturated carbocycles. The Morgan fingerprint density at radius 3 is 2.44 bits per heavy atom. The van der Waals surface area contributed by atoms with Crippen LogP contribution in [0.3, 0.4) is 0 Å². The van der Waals surface area contributed by atoms with E-state index >= 15 is 4.39 Å². The van der Waals surface area contributed by atoms with Gasteiger partial charge in [0.25, 0.3) is 5.56 Å². The molecule has 1 N–H and O–H groups in total. The summed E-state index contributed by atoms with van der Waals surface area (Å²) in [6, 6.07) is 2.92. The van der Waals surface area contributed by atoms with Gasteiger partial charge >= 0.3 is 0 Å². The molecule has 4 heterocycles. The first-order chi connectivity index (χ1) is 21.3. The molecule has 2 aromatic heterocycles. The summed E-state index contributed by atoms with van der Waals surface area (Å²) in [4.78, 5) is 39.4. The van der Waals surface area contributed by atoms with Gasteiger partial charge in [0.1, 0.15) is 22.3 Å². The van der Waals surface area contributed by atoms with E-state index in [4.69, 9.17) is 51.4 Å². The number of nitriles is 1. The number of piperazine rings is 1. The number of hydrogen-bond acceptors (Lipinski definition) is 7. The third-order valence-corrected chi connectivity index (χ3v) is 9.67. The Labute approximate surface area is 278 Å². The van der Waals surface area contributed by atoms with Crippen LogP contribution in [0, 0.1) is 29.0 Å². The number of fused-ring (bicyclic) bond motifs is 1. The molecule has 1 unspecified atom stereocenters. The van der Waals surface area contributed by atoms with E-state index in [1.54, 1.807) is 11.1 Å². The van der Waals surface area contributed by atoms with Crippen LogP contribution in [-0.2, 0) is 4.79 Å². The standard InChI is InChI=1S/C31H27Cl4FN6O3/c1-5-19(43)40-8-10-41(11-9-40)28-16-12-18(32)26(20-21(33)22(34)23(35)29(44)24(20)36)39-30(16)42(31(45)17(28)13-37)27-15(4)6-7-38-25(27)14(2)3/h5-7,12,14-15,27,44H,1,8-11H2,2-4H3/t15-,27?/m1/s1. The van der Waals surface area contributed by atoms with Gasteiger partial charge in [-0.15, -0.1) is 0 Å². The minimum absolute atomic E-state index is 0.0829. The highest BCUT2D eigenvalue weighted by atomic mass is 35.5. The maximum Gasteiger partial charge on any atom is 0.272 e. The molecule has 0 spiro atoms. The van der Waals surface area contributed by atoms with Gasteiger partial charge < -0.3 is 14.9 Å². The van der Waals surface area contributed by atoms with Crippen molar-refractivity contribution in [1.29, 1.82) is 5.26 Å².